The largest absolute Gasteiger partial charge is 0.340 e. The molecule has 0 bridgehead atoms. The molecule has 0 unspecified atom stereocenters. The summed E-state index contributed by atoms with van der Waals surface area (Å²) in [5, 5.41) is 2.78. The van der Waals surface area contributed by atoms with Gasteiger partial charge in [0, 0.05) is 31.4 Å². The third kappa shape index (κ3) is 5.52. The Balaban J connectivity index is 0.00000172. The van der Waals surface area contributed by atoms with E-state index in [2.05, 4.69) is 23.5 Å². The molecule has 9 heteroatoms. The molecule has 3 amide bonds. The molecule has 0 spiro atoms. The van der Waals surface area contributed by atoms with E-state index in [0.717, 1.165) is 52.6 Å². The third-order valence-electron chi connectivity index (χ3n) is 6.89. The van der Waals surface area contributed by atoms with E-state index in [1.165, 1.54) is 11.2 Å². The molecule has 2 aliphatic rings. The van der Waals surface area contributed by atoms with E-state index in [1.807, 2.05) is 38.1 Å². The van der Waals surface area contributed by atoms with Gasteiger partial charge in [0.1, 0.15) is 12.0 Å². The second kappa shape index (κ2) is 11.5. The molecule has 1 aliphatic heterocycles. The maximum Gasteiger partial charge on any atom is 0.272 e. The lowest BCUT2D eigenvalue weighted by Crippen LogP contribution is -2.38. The highest BCUT2D eigenvalue weighted by Crippen LogP contribution is 2.33. The van der Waals surface area contributed by atoms with Crippen molar-refractivity contribution in [3.05, 3.63) is 77.5 Å². The predicted octanol–water partition coefficient (Wildman–Crippen LogP) is 3.58. The van der Waals surface area contributed by atoms with Gasteiger partial charge >= 0.3 is 0 Å². The van der Waals surface area contributed by atoms with Gasteiger partial charge in [-0.05, 0) is 54.5 Å². The normalized spacial score (nSPS) is 13.7. The molecule has 2 heterocycles. The number of nitrogens with one attached hydrogen (secondary N) is 1. The predicted molar refractivity (Wildman–Crippen MR) is 153 cm³/mol. The zero-order valence-electron chi connectivity index (χ0n) is 22.6. The van der Waals surface area contributed by atoms with E-state index in [4.69, 9.17) is 0 Å². The van der Waals surface area contributed by atoms with Crippen molar-refractivity contribution in [2.75, 3.05) is 25.0 Å². The van der Waals surface area contributed by atoms with E-state index in [0.29, 0.717) is 29.9 Å². The molecule has 202 valence electrons. The Morgan fingerprint density at radius 2 is 1.92 bits per heavy atom. The molecule has 5 rings (SSSR count). The molecule has 39 heavy (non-hydrogen) atoms. The molecule has 1 aliphatic carbocycles. The summed E-state index contributed by atoms with van der Waals surface area (Å²) in [6.07, 6.45) is 5.04. The minimum Gasteiger partial charge on any atom is -0.340 e. The van der Waals surface area contributed by atoms with Gasteiger partial charge in [-0.15, -0.1) is 0 Å². The Hall–Kier alpha value is -4.53. The van der Waals surface area contributed by atoms with E-state index in [1.54, 1.807) is 24.1 Å². The Morgan fingerprint density at radius 3 is 2.62 bits per heavy atom. The summed E-state index contributed by atoms with van der Waals surface area (Å²) in [7, 11) is 1.67. The van der Waals surface area contributed by atoms with E-state index >= 15 is 0 Å². The Bertz CT molecular complexity index is 1540. The molecule has 0 atom stereocenters. The fourth-order valence-electron chi connectivity index (χ4n) is 4.66. The van der Waals surface area contributed by atoms with Crippen LogP contribution in [0.25, 0.3) is 27.7 Å². The number of carbonyl (C=O) groups excluding carboxylic acids is 3. The number of benzene rings is 2. The first-order chi connectivity index (χ1) is 18.8. The molecule has 1 fully saturated rings. The quantitative estimate of drug-likeness (QED) is 0.356. The van der Waals surface area contributed by atoms with Gasteiger partial charge in [0.2, 0.25) is 6.41 Å². The topological polar surface area (TPSA) is 105 Å². The molecule has 1 N–H and O–H groups in total. The Morgan fingerprint density at radius 1 is 1.18 bits per heavy atom. The lowest BCUT2D eigenvalue weighted by Gasteiger charge is -2.19. The highest BCUT2D eigenvalue weighted by atomic mass is 16.2. The second-order valence-corrected chi connectivity index (χ2v) is 9.52. The van der Waals surface area contributed by atoms with Gasteiger partial charge in [-0.2, -0.15) is 0 Å². The van der Waals surface area contributed by atoms with Gasteiger partial charge in [0.15, 0.2) is 0 Å². The van der Waals surface area contributed by atoms with Crippen molar-refractivity contribution in [2.45, 2.75) is 33.1 Å². The van der Waals surface area contributed by atoms with Gasteiger partial charge in [-0.1, -0.05) is 45.2 Å². The van der Waals surface area contributed by atoms with E-state index in [9.17, 15) is 19.2 Å². The number of aromatic nitrogens is 2. The Labute approximate surface area is 227 Å². The summed E-state index contributed by atoms with van der Waals surface area (Å²) in [4.78, 5) is 57.6. The first-order valence-electron chi connectivity index (χ1n) is 13.1. The molecule has 1 aromatic heterocycles. The van der Waals surface area contributed by atoms with Crippen LogP contribution in [0, 0.1) is 5.92 Å². The number of hydrogen-bond donors (Lipinski definition) is 1. The zero-order valence-corrected chi connectivity index (χ0v) is 22.6. The SMILES string of the molecule is C=C(NC(=O)C(=C)n1cnc2c(-c3ccc4c(c3)CCN4C=O)cccc2c1=O)C(=O)N(C)CC1CC1.CC. The van der Waals surface area contributed by atoms with Gasteiger partial charge in [0.05, 0.1) is 16.6 Å². The first-order valence-corrected chi connectivity index (χ1v) is 13.1. The fraction of sp³-hybridized carbons (Fsp3) is 0.300. The molecule has 0 radical (unpaired) electrons. The highest BCUT2D eigenvalue weighted by molar-refractivity contribution is 6.15. The summed E-state index contributed by atoms with van der Waals surface area (Å²) in [5.74, 6) is -0.592. The molecular weight excluding hydrogens is 494 g/mol. The van der Waals surface area contributed by atoms with Crippen LogP contribution in [0.5, 0.6) is 0 Å². The van der Waals surface area contributed by atoms with E-state index in [-0.39, 0.29) is 17.3 Å². The summed E-state index contributed by atoms with van der Waals surface area (Å²) >= 11 is 0. The number of hydrogen-bond acceptors (Lipinski definition) is 5. The number of carbonyl (C=O) groups is 3. The number of fused-ring (bicyclic) bond motifs is 2. The standard InChI is InChI=1S/C28H27N5O4.C2H6/c1-17(27(36)31(3)14-19-7-8-19)30-26(35)18(2)33-15-29-25-22(5-4-6-23(25)28(33)37)20-9-10-24-21(13-20)11-12-32(24)16-34;1-2/h4-6,9-10,13,15-16,19H,1-2,7-8,11-12,14H2,3H3,(H,30,35);1-2H3. The van der Waals surface area contributed by atoms with Gasteiger partial charge in [0.25, 0.3) is 17.4 Å². The molecule has 9 nitrogen and oxygen atoms in total. The Kier molecular flexibility index (Phi) is 8.09. The monoisotopic (exact) mass is 527 g/mol. The fourth-order valence-corrected chi connectivity index (χ4v) is 4.66. The van der Waals surface area contributed by atoms with Gasteiger partial charge < -0.3 is 15.1 Å². The van der Waals surface area contributed by atoms with Crippen molar-refractivity contribution in [1.29, 1.82) is 0 Å². The van der Waals surface area contributed by atoms with Crippen molar-refractivity contribution >= 4 is 40.5 Å². The number of rotatable bonds is 8. The van der Waals surface area contributed by atoms with Crippen LogP contribution in [0.15, 0.2) is 66.4 Å². The number of amides is 3. The highest BCUT2D eigenvalue weighted by Gasteiger charge is 2.26. The van der Waals surface area contributed by atoms with Crippen LogP contribution < -0.4 is 15.8 Å². The summed E-state index contributed by atoms with van der Waals surface area (Å²) in [5.41, 5.74) is 3.36. The zero-order chi connectivity index (χ0) is 28.3. The van der Waals surface area contributed by atoms with Crippen LogP contribution in [-0.2, 0) is 20.8 Å². The van der Waals surface area contributed by atoms with Crippen molar-refractivity contribution in [1.82, 2.24) is 19.8 Å². The third-order valence-corrected chi connectivity index (χ3v) is 6.89. The van der Waals surface area contributed by atoms with Crippen LogP contribution >= 0.6 is 0 Å². The van der Waals surface area contributed by atoms with Crippen LogP contribution in [0.1, 0.15) is 32.3 Å². The lowest BCUT2D eigenvalue weighted by atomic mass is 9.99. The maximum atomic E-state index is 13.3. The van der Waals surface area contributed by atoms with Crippen molar-refractivity contribution in [2.24, 2.45) is 5.92 Å². The molecular formula is C30H33N5O4. The average Bonchev–Trinajstić information content (AvgIpc) is 3.68. The van der Waals surface area contributed by atoms with Crippen LogP contribution in [0.2, 0.25) is 0 Å². The summed E-state index contributed by atoms with van der Waals surface area (Å²) in [6.45, 7) is 12.7. The number of anilines is 1. The smallest absolute Gasteiger partial charge is 0.272 e. The number of nitrogens with zero attached hydrogens (tertiary/aromatic N) is 4. The number of likely N-dealkylation sites (N-methyl/N-ethyl adjacent to an activating group) is 1. The summed E-state index contributed by atoms with van der Waals surface area (Å²) in [6, 6.07) is 11.1. The lowest BCUT2D eigenvalue weighted by molar-refractivity contribution is -0.128. The molecule has 3 aromatic rings. The summed E-state index contributed by atoms with van der Waals surface area (Å²) < 4.78 is 1.07. The van der Waals surface area contributed by atoms with Crippen molar-refractivity contribution in [3.8, 4) is 11.1 Å². The number of para-hydroxylation sites is 1. The van der Waals surface area contributed by atoms with Crippen LogP contribution in [-0.4, -0.2) is 52.8 Å². The van der Waals surface area contributed by atoms with Crippen molar-refractivity contribution in [3.63, 3.8) is 0 Å². The van der Waals surface area contributed by atoms with E-state index < -0.39 is 11.5 Å². The minimum absolute atomic E-state index is 0.0804. The van der Waals surface area contributed by atoms with Crippen LogP contribution in [0.3, 0.4) is 0 Å². The second-order valence-electron chi connectivity index (χ2n) is 9.52. The maximum absolute atomic E-state index is 13.3. The van der Waals surface area contributed by atoms with Crippen molar-refractivity contribution < 1.29 is 14.4 Å². The minimum atomic E-state index is -0.712. The van der Waals surface area contributed by atoms with Gasteiger partial charge in [-0.25, -0.2) is 4.98 Å². The molecule has 2 aromatic carbocycles. The first kappa shape index (κ1) is 27.5. The molecule has 0 saturated heterocycles. The van der Waals surface area contributed by atoms with Gasteiger partial charge in [-0.3, -0.25) is 23.7 Å². The van der Waals surface area contributed by atoms with Crippen LogP contribution in [0.4, 0.5) is 5.69 Å². The molecule has 1 saturated carbocycles. The average molecular weight is 528 g/mol.